The Morgan fingerprint density at radius 3 is 2.86 bits per heavy atom. The lowest BCUT2D eigenvalue weighted by molar-refractivity contribution is -0.384. The van der Waals surface area contributed by atoms with Crippen molar-refractivity contribution in [3.8, 4) is 0 Å². The van der Waals surface area contributed by atoms with Crippen LogP contribution in [0.4, 0.5) is 11.4 Å². The van der Waals surface area contributed by atoms with E-state index in [9.17, 15) is 20.0 Å². The molecule has 1 fully saturated rings. The highest BCUT2D eigenvalue weighted by molar-refractivity contribution is 6.00. The number of carbonyl (C=O) groups excluding carboxylic acids is 1. The minimum Gasteiger partial charge on any atom is -0.391 e. The quantitative estimate of drug-likeness (QED) is 0.429. The third-order valence-corrected chi connectivity index (χ3v) is 3.81. The van der Waals surface area contributed by atoms with Gasteiger partial charge in [0.25, 0.3) is 5.91 Å². The fraction of sp³-hybridized carbons (Fsp3) is 0.462. The number of hydrogen-bond acceptors (Lipinski definition) is 6. The number of para-hydroxylation sites is 1. The third-order valence-electron chi connectivity index (χ3n) is 3.81. The number of likely N-dealkylation sites (tertiary alicyclic amines) is 1. The van der Waals surface area contributed by atoms with Gasteiger partial charge < -0.3 is 15.4 Å². The van der Waals surface area contributed by atoms with Crippen molar-refractivity contribution in [3.05, 3.63) is 33.9 Å². The van der Waals surface area contributed by atoms with Gasteiger partial charge in [0.2, 0.25) is 0 Å². The molecule has 0 radical (unpaired) electrons. The first kappa shape index (κ1) is 15.2. The summed E-state index contributed by atoms with van der Waals surface area (Å²) in [5.74, 6) is 4.90. The van der Waals surface area contributed by atoms with Crippen LogP contribution >= 0.6 is 0 Å². The number of anilines is 1. The molecule has 2 unspecified atom stereocenters. The average molecular weight is 294 g/mol. The van der Waals surface area contributed by atoms with Gasteiger partial charge in [-0.3, -0.25) is 20.8 Å². The maximum atomic E-state index is 12.5. The molecule has 21 heavy (non-hydrogen) atoms. The van der Waals surface area contributed by atoms with Gasteiger partial charge in [-0.2, -0.15) is 0 Å². The minimum atomic E-state index is -0.634. The van der Waals surface area contributed by atoms with Crippen LogP contribution in [0.1, 0.15) is 23.7 Å². The normalized spacial score (nSPS) is 22.0. The van der Waals surface area contributed by atoms with Crippen molar-refractivity contribution in [1.29, 1.82) is 0 Å². The lowest BCUT2D eigenvalue weighted by Gasteiger charge is -2.34. The third kappa shape index (κ3) is 2.96. The molecular formula is C13H18N4O4. The molecule has 4 N–H and O–H groups in total. The topological polar surface area (TPSA) is 122 Å². The van der Waals surface area contributed by atoms with E-state index in [0.29, 0.717) is 13.0 Å². The minimum absolute atomic E-state index is 0.0304. The number of nitrogens with two attached hydrogens (primary N) is 1. The lowest BCUT2D eigenvalue weighted by atomic mass is 9.95. The summed E-state index contributed by atoms with van der Waals surface area (Å²) in [6, 6.07) is 4.35. The number of hydrogen-bond donors (Lipinski definition) is 3. The molecule has 2 atom stereocenters. The largest absolute Gasteiger partial charge is 0.391 e. The van der Waals surface area contributed by atoms with Crippen LogP contribution in [-0.2, 0) is 0 Å². The number of hydrazine groups is 1. The summed E-state index contributed by atoms with van der Waals surface area (Å²) in [5, 5.41) is 21.1. The van der Waals surface area contributed by atoms with E-state index < -0.39 is 16.9 Å². The molecule has 1 aromatic carbocycles. The van der Waals surface area contributed by atoms with Gasteiger partial charge in [-0.15, -0.1) is 0 Å². The standard InChI is InChI=1S/C13H18N4O4/c1-8-5-6-16(7-11(8)18)13(19)9-3-2-4-10(15-14)12(9)17(20)21/h2-4,8,11,15,18H,5-7,14H2,1H3. The van der Waals surface area contributed by atoms with Gasteiger partial charge in [0.1, 0.15) is 11.3 Å². The van der Waals surface area contributed by atoms with Crippen molar-refractivity contribution in [1.82, 2.24) is 4.90 Å². The molecule has 1 amide bonds. The summed E-state index contributed by atoms with van der Waals surface area (Å²) < 4.78 is 0. The number of piperidine rings is 1. The second kappa shape index (κ2) is 6.06. The van der Waals surface area contributed by atoms with Crippen LogP contribution in [-0.4, -0.2) is 40.0 Å². The van der Waals surface area contributed by atoms with Crippen LogP contribution in [0.15, 0.2) is 18.2 Å². The molecule has 8 heteroatoms. The predicted octanol–water partition coefficient (Wildman–Crippen LogP) is 0.723. The van der Waals surface area contributed by atoms with Crippen molar-refractivity contribution in [2.24, 2.45) is 11.8 Å². The van der Waals surface area contributed by atoms with Crippen LogP contribution < -0.4 is 11.3 Å². The first-order valence-corrected chi connectivity index (χ1v) is 6.67. The number of aliphatic hydroxyl groups excluding tert-OH is 1. The van der Waals surface area contributed by atoms with Gasteiger partial charge in [0, 0.05) is 13.1 Å². The van der Waals surface area contributed by atoms with Crippen molar-refractivity contribution in [3.63, 3.8) is 0 Å². The van der Waals surface area contributed by atoms with Crippen molar-refractivity contribution in [2.75, 3.05) is 18.5 Å². The molecule has 0 aliphatic carbocycles. The molecule has 0 spiro atoms. The number of amides is 1. The van der Waals surface area contributed by atoms with Gasteiger partial charge >= 0.3 is 5.69 Å². The Balaban J connectivity index is 2.33. The second-order valence-electron chi connectivity index (χ2n) is 5.19. The Labute approximate surface area is 121 Å². The highest BCUT2D eigenvalue weighted by Gasteiger charge is 2.32. The maximum Gasteiger partial charge on any atom is 0.306 e. The van der Waals surface area contributed by atoms with Crippen LogP contribution in [0.3, 0.4) is 0 Å². The monoisotopic (exact) mass is 294 g/mol. The molecule has 1 saturated heterocycles. The zero-order valence-electron chi connectivity index (χ0n) is 11.7. The Kier molecular flexibility index (Phi) is 4.39. The van der Waals surface area contributed by atoms with E-state index in [1.165, 1.54) is 23.1 Å². The number of aliphatic hydroxyl groups is 1. The van der Waals surface area contributed by atoms with Gasteiger partial charge in [-0.05, 0) is 24.5 Å². The van der Waals surface area contributed by atoms with Crippen LogP contribution in [0.25, 0.3) is 0 Å². The molecule has 2 rings (SSSR count). The van der Waals surface area contributed by atoms with E-state index in [-0.39, 0.29) is 29.4 Å². The summed E-state index contributed by atoms with van der Waals surface area (Å²) in [4.78, 5) is 24.5. The number of rotatable bonds is 3. The number of carbonyl (C=O) groups is 1. The molecule has 1 aliphatic rings. The average Bonchev–Trinajstić information content (AvgIpc) is 2.48. The molecule has 0 bridgehead atoms. The van der Waals surface area contributed by atoms with E-state index >= 15 is 0 Å². The fourth-order valence-corrected chi connectivity index (χ4v) is 2.43. The summed E-state index contributed by atoms with van der Waals surface area (Å²) >= 11 is 0. The summed E-state index contributed by atoms with van der Waals surface area (Å²) in [7, 11) is 0. The molecule has 1 aliphatic heterocycles. The smallest absolute Gasteiger partial charge is 0.306 e. The van der Waals surface area contributed by atoms with E-state index in [0.717, 1.165) is 0 Å². The Morgan fingerprint density at radius 2 is 2.29 bits per heavy atom. The lowest BCUT2D eigenvalue weighted by Crippen LogP contribution is -2.46. The van der Waals surface area contributed by atoms with E-state index in [4.69, 9.17) is 5.84 Å². The Hall–Kier alpha value is -2.19. The van der Waals surface area contributed by atoms with Gasteiger partial charge in [0.05, 0.1) is 11.0 Å². The van der Waals surface area contributed by atoms with Gasteiger partial charge in [-0.1, -0.05) is 13.0 Å². The van der Waals surface area contributed by atoms with Crippen LogP contribution in [0, 0.1) is 16.0 Å². The number of β-amino-alcohol motifs (C(OH)–C–C–N with tert-alkyl or cyclic N) is 1. The molecule has 8 nitrogen and oxygen atoms in total. The van der Waals surface area contributed by atoms with Crippen molar-refractivity contribution in [2.45, 2.75) is 19.4 Å². The summed E-state index contributed by atoms with van der Waals surface area (Å²) in [6.45, 7) is 2.56. The van der Waals surface area contributed by atoms with E-state index in [1.807, 2.05) is 6.92 Å². The Bertz CT molecular complexity index is 563. The zero-order chi connectivity index (χ0) is 15.6. The SMILES string of the molecule is CC1CCN(C(=O)c2cccc(NN)c2[N+](=O)[O-])CC1O. The first-order chi connectivity index (χ1) is 9.95. The maximum absolute atomic E-state index is 12.5. The van der Waals surface area contributed by atoms with E-state index in [1.54, 1.807) is 0 Å². The number of nitro benzene ring substituents is 1. The first-order valence-electron chi connectivity index (χ1n) is 6.67. The number of benzene rings is 1. The summed E-state index contributed by atoms with van der Waals surface area (Å²) in [5.41, 5.74) is 1.93. The van der Waals surface area contributed by atoms with Crippen LogP contribution in [0.5, 0.6) is 0 Å². The molecular weight excluding hydrogens is 276 g/mol. The molecule has 114 valence electrons. The number of nitrogens with one attached hydrogen (secondary N) is 1. The van der Waals surface area contributed by atoms with Crippen molar-refractivity contribution < 1.29 is 14.8 Å². The number of nitrogen functional groups attached to an aromatic ring is 1. The van der Waals surface area contributed by atoms with Gasteiger partial charge in [-0.25, -0.2) is 0 Å². The molecule has 0 aromatic heterocycles. The fourth-order valence-electron chi connectivity index (χ4n) is 2.43. The highest BCUT2D eigenvalue weighted by atomic mass is 16.6. The van der Waals surface area contributed by atoms with Crippen LogP contribution in [0.2, 0.25) is 0 Å². The van der Waals surface area contributed by atoms with E-state index in [2.05, 4.69) is 5.43 Å². The number of nitrogens with zero attached hydrogens (tertiary/aromatic N) is 2. The number of nitro groups is 1. The predicted molar refractivity (Wildman–Crippen MR) is 76.6 cm³/mol. The molecule has 1 aromatic rings. The van der Waals surface area contributed by atoms with Gasteiger partial charge in [0.15, 0.2) is 0 Å². The van der Waals surface area contributed by atoms with Crippen molar-refractivity contribution >= 4 is 17.3 Å². The Morgan fingerprint density at radius 1 is 1.57 bits per heavy atom. The second-order valence-corrected chi connectivity index (χ2v) is 5.19. The zero-order valence-corrected chi connectivity index (χ0v) is 11.7. The molecule has 1 heterocycles. The molecule has 0 saturated carbocycles. The summed E-state index contributed by atoms with van der Waals surface area (Å²) in [6.07, 6.45) is 0.0489. The highest BCUT2D eigenvalue weighted by Crippen LogP contribution is 2.30.